The molecule has 26 heavy (non-hydrogen) atoms. The average molecular weight is 367 g/mol. The summed E-state index contributed by atoms with van der Waals surface area (Å²) < 4.78 is 1.81. The van der Waals surface area contributed by atoms with E-state index in [0.717, 1.165) is 41.5 Å². The molecule has 0 unspecified atom stereocenters. The smallest absolute Gasteiger partial charge is 0.242 e. The van der Waals surface area contributed by atoms with E-state index >= 15 is 0 Å². The summed E-state index contributed by atoms with van der Waals surface area (Å²) in [6.07, 6.45) is 7.18. The summed E-state index contributed by atoms with van der Waals surface area (Å²) in [6, 6.07) is 6.15. The number of hydrogen-bond acceptors (Lipinski definition) is 5. The standard InChI is InChI=1S/C19H21N5OS/c1-14-10-16(17-5-3-9-26-17)22-19(21-14)15-4-2-7-24(11-15)18(25)12-23-8-6-20-13-23/h3,5-6,8-10,13,15H,2,4,7,11-12H2,1H3/t15-/m1/s1. The predicted octanol–water partition coefficient (Wildman–Crippen LogP) is 3.12. The lowest BCUT2D eigenvalue weighted by atomic mass is 9.96. The summed E-state index contributed by atoms with van der Waals surface area (Å²) in [5.74, 6) is 1.17. The zero-order valence-corrected chi connectivity index (χ0v) is 15.5. The van der Waals surface area contributed by atoms with Crippen molar-refractivity contribution >= 4 is 17.2 Å². The first kappa shape index (κ1) is 16.9. The number of rotatable bonds is 4. The van der Waals surface area contributed by atoms with Gasteiger partial charge in [0.05, 0.1) is 16.9 Å². The maximum atomic E-state index is 12.6. The number of thiophene rings is 1. The minimum Gasteiger partial charge on any atom is -0.340 e. The summed E-state index contributed by atoms with van der Waals surface area (Å²) in [4.78, 5) is 29.2. The third-order valence-electron chi connectivity index (χ3n) is 4.66. The number of carbonyl (C=O) groups is 1. The van der Waals surface area contributed by atoms with Crippen LogP contribution in [0.2, 0.25) is 0 Å². The highest BCUT2D eigenvalue weighted by Gasteiger charge is 2.27. The first-order valence-electron chi connectivity index (χ1n) is 8.82. The predicted molar refractivity (Wildman–Crippen MR) is 101 cm³/mol. The van der Waals surface area contributed by atoms with E-state index in [0.29, 0.717) is 13.1 Å². The van der Waals surface area contributed by atoms with E-state index in [9.17, 15) is 4.79 Å². The molecule has 0 aliphatic carbocycles. The molecule has 0 aromatic carbocycles. The van der Waals surface area contributed by atoms with Gasteiger partial charge in [0.25, 0.3) is 0 Å². The fourth-order valence-corrected chi connectivity index (χ4v) is 4.06. The number of carbonyl (C=O) groups excluding carboxylic acids is 1. The Morgan fingerprint density at radius 2 is 2.31 bits per heavy atom. The second kappa shape index (κ2) is 7.37. The summed E-state index contributed by atoms with van der Waals surface area (Å²) >= 11 is 1.68. The Morgan fingerprint density at radius 3 is 3.08 bits per heavy atom. The summed E-state index contributed by atoms with van der Waals surface area (Å²) in [6.45, 7) is 3.82. The lowest BCUT2D eigenvalue weighted by Gasteiger charge is -2.32. The SMILES string of the molecule is Cc1cc(-c2cccs2)nc([C@@H]2CCCN(C(=O)Cn3ccnc3)C2)n1. The Kier molecular flexibility index (Phi) is 4.79. The summed E-state index contributed by atoms with van der Waals surface area (Å²) in [5.41, 5.74) is 1.95. The highest BCUT2D eigenvalue weighted by molar-refractivity contribution is 7.13. The second-order valence-electron chi connectivity index (χ2n) is 6.64. The molecule has 1 aliphatic rings. The van der Waals surface area contributed by atoms with Crippen LogP contribution >= 0.6 is 11.3 Å². The molecule has 1 atom stereocenters. The van der Waals surface area contributed by atoms with Crippen molar-refractivity contribution in [3.8, 4) is 10.6 Å². The van der Waals surface area contributed by atoms with Crippen LogP contribution in [0.3, 0.4) is 0 Å². The molecule has 0 N–H and O–H groups in total. The van der Waals surface area contributed by atoms with Gasteiger partial charge in [0, 0.05) is 37.1 Å². The van der Waals surface area contributed by atoms with Gasteiger partial charge in [-0.15, -0.1) is 11.3 Å². The van der Waals surface area contributed by atoms with Crippen LogP contribution in [0.15, 0.2) is 42.3 Å². The molecular formula is C19H21N5OS. The number of imidazole rings is 1. The number of amides is 1. The van der Waals surface area contributed by atoms with Crippen LogP contribution < -0.4 is 0 Å². The van der Waals surface area contributed by atoms with E-state index < -0.39 is 0 Å². The summed E-state index contributed by atoms with van der Waals surface area (Å²) in [5, 5.41) is 2.06. The van der Waals surface area contributed by atoms with Crippen LogP contribution in [-0.4, -0.2) is 43.4 Å². The molecule has 1 fully saturated rings. The molecule has 1 aliphatic heterocycles. The van der Waals surface area contributed by atoms with Crippen molar-refractivity contribution in [3.63, 3.8) is 0 Å². The zero-order chi connectivity index (χ0) is 17.9. The minimum absolute atomic E-state index is 0.124. The van der Waals surface area contributed by atoms with Crippen LogP contribution in [0.5, 0.6) is 0 Å². The van der Waals surface area contributed by atoms with Gasteiger partial charge >= 0.3 is 0 Å². The molecule has 0 radical (unpaired) electrons. The van der Waals surface area contributed by atoms with Crippen molar-refractivity contribution < 1.29 is 4.79 Å². The summed E-state index contributed by atoms with van der Waals surface area (Å²) in [7, 11) is 0. The highest BCUT2D eigenvalue weighted by atomic mass is 32.1. The van der Waals surface area contributed by atoms with Crippen LogP contribution in [0.1, 0.15) is 30.3 Å². The number of hydrogen-bond donors (Lipinski definition) is 0. The molecule has 0 spiro atoms. The third kappa shape index (κ3) is 3.67. The van der Waals surface area contributed by atoms with Gasteiger partial charge < -0.3 is 9.47 Å². The van der Waals surface area contributed by atoms with Gasteiger partial charge in [-0.2, -0.15) is 0 Å². The van der Waals surface area contributed by atoms with Crippen molar-refractivity contribution in [2.75, 3.05) is 13.1 Å². The third-order valence-corrected chi connectivity index (χ3v) is 5.55. The lowest BCUT2D eigenvalue weighted by Crippen LogP contribution is -2.41. The fourth-order valence-electron chi connectivity index (χ4n) is 3.38. The maximum absolute atomic E-state index is 12.6. The highest BCUT2D eigenvalue weighted by Crippen LogP contribution is 2.28. The lowest BCUT2D eigenvalue weighted by molar-refractivity contribution is -0.133. The van der Waals surface area contributed by atoms with Gasteiger partial charge in [0.15, 0.2) is 0 Å². The first-order valence-corrected chi connectivity index (χ1v) is 9.70. The van der Waals surface area contributed by atoms with Gasteiger partial charge in [-0.25, -0.2) is 15.0 Å². The number of piperidine rings is 1. The van der Waals surface area contributed by atoms with E-state index in [1.807, 2.05) is 34.7 Å². The van der Waals surface area contributed by atoms with Crippen LogP contribution in [0.4, 0.5) is 0 Å². The molecule has 3 aromatic rings. The number of aromatic nitrogens is 4. The molecule has 1 amide bonds. The Morgan fingerprint density at radius 1 is 1.38 bits per heavy atom. The van der Waals surface area contributed by atoms with Gasteiger partial charge in [0.1, 0.15) is 12.4 Å². The van der Waals surface area contributed by atoms with Crippen LogP contribution in [0.25, 0.3) is 10.6 Å². The molecule has 0 bridgehead atoms. The number of nitrogens with zero attached hydrogens (tertiary/aromatic N) is 5. The Labute approximate surface area is 156 Å². The first-order chi connectivity index (χ1) is 12.7. The largest absolute Gasteiger partial charge is 0.340 e. The molecule has 0 saturated carbocycles. The van der Waals surface area contributed by atoms with Crippen molar-refractivity contribution in [2.45, 2.75) is 32.2 Å². The Bertz CT molecular complexity index is 875. The van der Waals surface area contributed by atoms with Crippen molar-refractivity contribution in [2.24, 2.45) is 0 Å². The van der Waals surface area contributed by atoms with E-state index in [1.165, 1.54) is 0 Å². The van der Waals surface area contributed by atoms with Crippen LogP contribution in [0, 0.1) is 6.92 Å². The zero-order valence-electron chi connectivity index (χ0n) is 14.7. The van der Waals surface area contributed by atoms with E-state index in [1.54, 1.807) is 23.9 Å². The van der Waals surface area contributed by atoms with Gasteiger partial charge in [0.2, 0.25) is 5.91 Å². The molecule has 7 heteroatoms. The average Bonchev–Trinajstić information content (AvgIpc) is 3.35. The van der Waals surface area contributed by atoms with Gasteiger partial charge in [-0.05, 0) is 37.3 Å². The molecule has 1 saturated heterocycles. The molecule has 4 heterocycles. The Balaban J connectivity index is 1.51. The van der Waals surface area contributed by atoms with Crippen molar-refractivity contribution in [3.05, 3.63) is 53.8 Å². The molecule has 4 rings (SSSR count). The van der Waals surface area contributed by atoms with E-state index in [2.05, 4.69) is 21.4 Å². The number of aryl methyl sites for hydroxylation is 1. The Hall–Kier alpha value is -2.54. The van der Waals surface area contributed by atoms with Gasteiger partial charge in [-0.1, -0.05) is 6.07 Å². The number of likely N-dealkylation sites (tertiary alicyclic amines) is 1. The molecule has 134 valence electrons. The normalized spacial score (nSPS) is 17.4. The molecular weight excluding hydrogens is 346 g/mol. The van der Waals surface area contributed by atoms with Crippen molar-refractivity contribution in [1.82, 2.24) is 24.4 Å². The van der Waals surface area contributed by atoms with E-state index in [4.69, 9.17) is 4.98 Å². The quantitative estimate of drug-likeness (QED) is 0.711. The van der Waals surface area contributed by atoms with Gasteiger partial charge in [-0.3, -0.25) is 4.79 Å². The molecule has 3 aromatic heterocycles. The van der Waals surface area contributed by atoms with Crippen molar-refractivity contribution in [1.29, 1.82) is 0 Å². The fraction of sp³-hybridized carbons (Fsp3) is 0.368. The topological polar surface area (TPSA) is 63.9 Å². The minimum atomic E-state index is 0.124. The van der Waals surface area contributed by atoms with Crippen LogP contribution in [-0.2, 0) is 11.3 Å². The monoisotopic (exact) mass is 367 g/mol. The maximum Gasteiger partial charge on any atom is 0.242 e. The second-order valence-corrected chi connectivity index (χ2v) is 7.59. The van der Waals surface area contributed by atoms with E-state index in [-0.39, 0.29) is 11.8 Å². The molecule has 6 nitrogen and oxygen atoms in total.